The normalized spacial score (nSPS) is 9.40. The summed E-state index contributed by atoms with van der Waals surface area (Å²) < 4.78 is 30.2. The van der Waals surface area contributed by atoms with Gasteiger partial charge in [0.25, 0.3) is 0 Å². The van der Waals surface area contributed by atoms with Gasteiger partial charge in [0.2, 0.25) is 0 Å². The van der Waals surface area contributed by atoms with Crippen LogP contribution in [-0.4, -0.2) is 19.1 Å². The van der Waals surface area contributed by atoms with Crippen LogP contribution in [0.5, 0.6) is 0 Å². The topological polar surface area (TPSA) is 119 Å². The summed E-state index contributed by atoms with van der Waals surface area (Å²) in [5.41, 5.74) is 1.32. The van der Waals surface area contributed by atoms with Crippen molar-refractivity contribution in [2.45, 2.75) is 0 Å². The molecule has 0 saturated carbocycles. The lowest BCUT2D eigenvalue weighted by Gasteiger charge is -1.95. The second-order valence-electron chi connectivity index (χ2n) is 0.943. The second kappa shape index (κ2) is 4.28. The Morgan fingerprint density at radius 1 is 1.60 bits per heavy atom. The number of amides is 1. The van der Waals surface area contributed by atoms with Crippen LogP contribution in [0.25, 0.3) is 0 Å². The Labute approximate surface area is 62.9 Å². The summed E-state index contributed by atoms with van der Waals surface area (Å²) >= 11 is 0. The number of carbonyl (C=O) groups excluding carboxylic acids is 1. The first-order valence-electron chi connectivity index (χ1n) is 1.63. The molecule has 0 bridgehead atoms. The predicted molar refractivity (Wildman–Crippen MR) is 32.6 cm³/mol. The first-order chi connectivity index (χ1) is 3.95. The molecule has 0 rings (SSSR count). The Morgan fingerprint density at radius 3 is 2.10 bits per heavy atom. The molecule has 9 heteroatoms. The Kier molecular flexibility index (Phi) is 5.19. The van der Waals surface area contributed by atoms with E-state index in [2.05, 4.69) is 10.0 Å². The summed E-state index contributed by atoms with van der Waals surface area (Å²) in [6.45, 7) is 0. The molecule has 0 spiro atoms. The van der Waals surface area contributed by atoms with Crippen molar-refractivity contribution in [3.05, 3.63) is 0 Å². The number of rotatable bonds is 1. The van der Waals surface area contributed by atoms with E-state index in [4.69, 9.17) is 4.55 Å². The highest BCUT2D eigenvalue weighted by molar-refractivity contribution is 7.81. The van der Waals surface area contributed by atoms with Crippen LogP contribution in [0.2, 0.25) is 0 Å². The van der Waals surface area contributed by atoms with E-state index >= 15 is 0 Å². The molecule has 1 amide bonds. The summed E-state index contributed by atoms with van der Waals surface area (Å²) in [6, 6.07) is 0. The highest BCUT2D eigenvalue weighted by Crippen LogP contribution is 1.83. The molecule has 0 radical (unpaired) electrons. The van der Waals surface area contributed by atoms with E-state index in [1.165, 1.54) is 5.43 Å². The molecule has 0 fully saturated rings. The summed E-state index contributed by atoms with van der Waals surface area (Å²) in [7, 11) is -4.73. The highest BCUT2D eigenvalue weighted by atomic mass is 35.5. The van der Waals surface area contributed by atoms with E-state index < -0.39 is 16.5 Å². The average molecular weight is 193 g/mol. The lowest BCUT2D eigenvalue weighted by Crippen LogP contribution is -2.32. The number of nitrogens with two attached hydrogens (primary N) is 1. The van der Waals surface area contributed by atoms with Crippen molar-refractivity contribution in [1.82, 2.24) is 5.43 Å². The van der Waals surface area contributed by atoms with Crippen molar-refractivity contribution in [1.29, 1.82) is 0 Å². The van der Waals surface area contributed by atoms with Gasteiger partial charge in [0.1, 0.15) is 0 Å². The number of carbonyl (C=O) groups is 1. The van der Waals surface area contributed by atoms with Crippen molar-refractivity contribution >= 4 is 28.9 Å². The number of halogens is 1. The zero-order chi connectivity index (χ0) is 7.49. The highest BCUT2D eigenvalue weighted by Gasteiger charge is 2.09. The van der Waals surface area contributed by atoms with Gasteiger partial charge in [-0.25, -0.2) is 10.6 Å². The second-order valence-corrected chi connectivity index (χ2v) is 1.96. The minimum absolute atomic E-state index is 0. The zero-order valence-electron chi connectivity index (χ0n) is 4.47. The van der Waals surface area contributed by atoms with Gasteiger partial charge in [-0.3, -0.25) is 9.98 Å². The van der Waals surface area contributed by atoms with E-state index in [1.807, 2.05) is 0 Å². The minimum Gasteiger partial charge on any atom is -0.305 e. The van der Waals surface area contributed by atoms with Crippen LogP contribution in [0.3, 0.4) is 0 Å². The molecule has 0 atom stereocenters. The fourth-order valence-electron chi connectivity index (χ4n) is 0.120. The Balaban J connectivity index is 0. The molecule has 0 aliphatic rings. The monoisotopic (exact) mass is 192 g/mol. The summed E-state index contributed by atoms with van der Waals surface area (Å²) in [5.74, 6) is 4.38. The molecular formula is CH5ClN2O5S. The van der Waals surface area contributed by atoms with Crippen molar-refractivity contribution < 1.29 is 21.9 Å². The van der Waals surface area contributed by atoms with Crippen LogP contribution in [0.4, 0.5) is 4.79 Å². The van der Waals surface area contributed by atoms with E-state index in [1.54, 1.807) is 0 Å². The van der Waals surface area contributed by atoms with Gasteiger partial charge in [-0.15, -0.1) is 12.4 Å². The minimum atomic E-state index is -4.73. The molecule has 10 heavy (non-hydrogen) atoms. The van der Waals surface area contributed by atoms with Crippen LogP contribution in [0.1, 0.15) is 0 Å². The van der Waals surface area contributed by atoms with Gasteiger partial charge >= 0.3 is 16.5 Å². The van der Waals surface area contributed by atoms with Gasteiger partial charge in [0.05, 0.1) is 0 Å². The quantitative estimate of drug-likeness (QED) is 0.208. The molecule has 7 nitrogen and oxygen atoms in total. The average Bonchev–Trinajstić information content (AvgIpc) is 1.62. The van der Waals surface area contributed by atoms with Crippen LogP contribution in [0, 0.1) is 0 Å². The standard InChI is InChI=1S/CH4N2O5S.ClH/c2-3-1(4)8-9(5,6)7;/h2H2,(H,3,4)(H,5,6,7);1H. The summed E-state index contributed by atoms with van der Waals surface area (Å²) in [5, 5.41) is 0. The summed E-state index contributed by atoms with van der Waals surface area (Å²) in [6.07, 6.45) is -1.45. The maximum absolute atomic E-state index is 9.83. The Bertz CT molecular complexity index is 198. The molecule has 0 aromatic rings. The smallest absolute Gasteiger partial charge is 0.305 e. The first kappa shape index (κ1) is 12.1. The van der Waals surface area contributed by atoms with Crippen LogP contribution >= 0.6 is 12.4 Å². The molecule has 0 aromatic carbocycles. The van der Waals surface area contributed by atoms with Crippen LogP contribution < -0.4 is 11.3 Å². The first-order valence-corrected chi connectivity index (χ1v) is 2.99. The van der Waals surface area contributed by atoms with Gasteiger partial charge in [-0.1, -0.05) is 0 Å². The fourth-order valence-corrected chi connectivity index (χ4v) is 0.359. The zero-order valence-corrected chi connectivity index (χ0v) is 6.11. The van der Waals surface area contributed by atoms with Crippen LogP contribution in [0.15, 0.2) is 0 Å². The number of nitrogens with one attached hydrogen (secondary N) is 1. The fraction of sp³-hybridized carbons (Fsp3) is 0. The van der Waals surface area contributed by atoms with E-state index in [9.17, 15) is 13.2 Å². The largest absolute Gasteiger partial charge is 0.450 e. The van der Waals surface area contributed by atoms with Crippen molar-refractivity contribution in [2.75, 3.05) is 0 Å². The number of hydrogen-bond acceptors (Lipinski definition) is 5. The molecular weight excluding hydrogens is 188 g/mol. The molecule has 0 saturated heterocycles. The van der Waals surface area contributed by atoms with E-state index in [-0.39, 0.29) is 12.4 Å². The molecule has 0 heterocycles. The maximum Gasteiger partial charge on any atom is 0.450 e. The molecule has 0 aliphatic carbocycles. The Hall–Kier alpha value is -0.570. The third-order valence-electron chi connectivity index (χ3n) is 0.299. The maximum atomic E-state index is 9.83. The third kappa shape index (κ3) is 7.43. The van der Waals surface area contributed by atoms with Crippen LogP contribution in [-0.2, 0) is 14.6 Å². The van der Waals surface area contributed by atoms with Gasteiger partial charge in [0, 0.05) is 0 Å². The molecule has 0 aromatic heterocycles. The van der Waals surface area contributed by atoms with Gasteiger partial charge < -0.3 is 4.18 Å². The molecule has 0 aliphatic heterocycles. The van der Waals surface area contributed by atoms with Gasteiger partial charge in [-0.05, 0) is 0 Å². The van der Waals surface area contributed by atoms with Gasteiger partial charge in [-0.2, -0.15) is 8.42 Å². The van der Waals surface area contributed by atoms with Gasteiger partial charge in [0.15, 0.2) is 0 Å². The Morgan fingerprint density at radius 2 is 2.00 bits per heavy atom. The lowest BCUT2D eigenvalue weighted by molar-refractivity contribution is 0.196. The summed E-state index contributed by atoms with van der Waals surface area (Å²) in [4.78, 5) is 9.83. The van der Waals surface area contributed by atoms with Crippen molar-refractivity contribution in [3.8, 4) is 0 Å². The van der Waals surface area contributed by atoms with E-state index in [0.717, 1.165) is 0 Å². The molecule has 0 unspecified atom stereocenters. The predicted octanol–water partition coefficient (Wildman–Crippen LogP) is -1.19. The number of hydrazine groups is 1. The molecule has 4 N–H and O–H groups in total. The third-order valence-corrected chi connectivity index (χ3v) is 0.661. The molecule has 62 valence electrons. The SMILES string of the molecule is Cl.NNC(=O)OS(=O)(=O)O. The van der Waals surface area contributed by atoms with E-state index in [0.29, 0.717) is 0 Å². The number of hydrogen-bond donors (Lipinski definition) is 3. The lowest BCUT2D eigenvalue weighted by atomic mass is 11.3. The van der Waals surface area contributed by atoms with Crippen molar-refractivity contribution in [3.63, 3.8) is 0 Å². The van der Waals surface area contributed by atoms with Crippen molar-refractivity contribution in [2.24, 2.45) is 5.84 Å².